The number of alkyl halides is 3. The van der Waals surface area contributed by atoms with Crippen LogP contribution in [0.25, 0.3) is 0 Å². The summed E-state index contributed by atoms with van der Waals surface area (Å²) in [7, 11) is 0. The van der Waals surface area contributed by atoms with Crippen molar-refractivity contribution in [2.75, 3.05) is 0 Å². The van der Waals surface area contributed by atoms with Gasteiger partial charge in [-0.05, 0) is 38.5 Å². The number of carbonyl (C=O) groups excluding carboxylic acids is 1. The maximum absolute atomic E-state index is 12.4. The number of nitrogens with one attached hydrogen (secondary N) is 2. The van der Waals surface area contributed by atoms with E-state index in [0.717, 1.165) is 12.1 Å². The number of halogens is 3. The van der Waals surface area contributed by atoms with Crippen LogP contribution >= 0.6 is 0 Å². The average molecular weight is 288 g/mol. The fourth-order valence-corrected chi connectivity index (χ4v) is 1.58. The Kier molecular flexibility index (Phi) is 5.56. The van der Waals surface area contributed by atoms with E-state index in [4.69, 9.17) is 0 Å². The van der Waals surface area contributed by atoms with Gasteiger partial charge in [-0.25, -0.2) is 0 Å². The second-order valence-electron chi connectivity index (χ2n) is 4.96. The van der Waals surface area contributed by atoms with Crippen LogP contribution in [0.5, 0.6) is 0 Å². The highest BCUT2D eigenvalue weighted by atomic mass is 19.4. The Balaban J connectivity index is 2.52. The SMILES string of the molecule is CC(C)NC(=O)C(C)NCc1ccc(C(F)(F)F)cc1. The second-order valence-corrected chi connectivity index (χ2v) is 4.96. The molecule has 0 radical (unpaired) electrons. The minimum absolute atomic E-state index is 0.0535. The van der Waals surface area contributed by atoms with E-state index in [9.17, 15) is 18.0 Å². The summed E-state index contributed by atoms with van der Waals surface area (Å²) >= 11 is 0. The first-order chi connectivity index (χ1) is 9.20. The van der Waals surface area contributed by atoms with E-state index in [1.807, 2.05) is 13.8 Å². The highest BCUT2D eigenvalue weighted by Gasteiger charge is 2.29. The summed E-state index contributed by atoms with van der Waals surface area (Å²) in [5.74, 6) is -0.132. The fourth-order valence-electron chi connectivity index (χ4n) is 1.58. The van der Waals surface area contributed by atoms with Gasteiger partial charge in [-0.2, -0.15) is 13.2 Å². The van der Waals surface area contributed by atoms with Crippen LogP contribution in [-0.4, -0.2) is 18.0 Å². The van der Waals surface area contributed by atoms with Gasteiger partial charge in [-0.3, -0.25) is 4.79 Å². The first-order valence-electron chi connectivity index (χ1n) is 6.40. The van der Waals surface area contributed by atoms with Crippen molar-refractivity contribution in [2.24, 2.45) is 0 Å². The average Bonchev–Trinajstić information content (AvgIpc) is 2.34. The van der Waals surface area contributed by atoms with Gasteiger partial charge in [-0.15, -0.1) is 0 Å². The zero-order valence-electron chi connectivity index (χ0n) is 11.7. The van der Waals surface area contributed by atoms with Crippen LogP contribution in [0.2, 0.25) is 0 Å². The van der Waals surface area contributed by atoms with Gasteiger partial charge in [-0.1, -0.05) is 12.1 Å². The van der Waals surface area contributed by atoms with Crippen LogP contribution in [0.1, 0.15) is 31.9 Å². The fraction of sp³-hybridized carbons (Fsp3) is 0.500. The van der Waals surface area contributed by atoms with Gasteiger partial charge in [0, 0.05) is 12.6 Å². The lowest BCUT2D eigenvalue weighted by atomic mass is 10.1. The van der Waals surface area contributed by atoms with E-state index < -0.39 is 17.8 Å². The molecule has 0 fully saturated rings. The Labute approximate surface area is 116 Å². The van der Waals surface area contributed by atoms with E-state index in [0.29, 0.717) is 12.1 Å². The Bertz CT molecular complexity index is 441. The van der Waals surface area contributed by atoms with Crippen molar-refractivity contribution in [1.29, 1.82) is 0 Å². The molecule has 0 aliphatic heterocycles. The molecule has 0 heterocycles. The molecule has 112 valence electrons. The molecule has 0 saturated heterocycles. The van der Waals surface area contributed by atoms with E-state index in [1.54, 1.807) is 6.92 Å². The van der Waals surface area contributed by atoms with Gasteiger partial charge >= 0.3 is 6.18 Å². The molecule has 1 rings (SSSR count). The Morgan fingerprint density at radius 3 is 2.15 bits per heavy atom. The van der Waals surface area contributed by atoms with Crippen LogP contribution in [-0.2, 0) is 17.5 Å². The molecule has 1 atom stereocenters. The first-order valence-corrected chi connectivity index (χ1v) is 6.40. The minimum Gasteiger partial charge on any atom is -0.353 e. The molecule has 0 spiro atoms. The second kappa shape index (κ2) is 6.74. The van der Waals surface area contributed by atoms with Crippen molar-refractivity contribution in [1.82, 2.24) is 10.6 Å². The molecule has 0 aromatic heterocycles. The first kappa shape index (κ1) is 16.5. The Morgan fingerprint density at radius 2 is 1.70 bits per heavy atom. The van der Waals surface area contributed by atoms with Gasteiger partial charge in [0.1, 0.15) is 0 Å². The van der Waals surface area contributed by atoms with Crippen LogP contribution in [0.3, 0.4) is 0 Å². The number of rotatable bonds is 5. The molecule has 0 saturated carbocycles. The lowest BCUT2D eigenvalue weighted by Crippen LogP contribution is -2.44. The summed E-state index contributed by atoms with van der Waals surface area (Å²) in [6, 6.07) is 4.54. The molecule has 2 N–H and O–H groups in total. The zero-order chi connectivity index (χ0) is 15.3. The summed E-state index contributed by atoms with van der Waals surface area (Å²) in [5.41, 5.74) is 0.0223. The van der Waals surface area contributed by atoms with E-state index >= 15 is 0 Å². The number of carbonyl (C=O) groups is 1. The third kappa shape index (κ3) is 5.21. The summed E-state index contributed by atoms with van der Waals surface area (Å²) in [5, 5.41) is 5.73. The maximum atomic E-state index is 12.4. The van der Waals surface area contributed by atoms with Crippen LogP contribution in [0.4, 0.5) is 13.2 Å². The summed E-state index contributed by atoms with van der Waals surface area (Å²) in [6.45, 7) is 5.77. The van der Waals surface area contributed by atoms with Crippen LogP contribution in [0.15, 0.2) is 24.3 Å². The van der Waals surface area contributed by atoms with Crippen molar-refractivity contribution in [3.63, 3.8) is 0 Å². The lowest BCUT2D eigenvalue weighted by Gasteiger charge is -2.16. The van der Waals surface area contributed by atoms with E-state index in [2.05, 4.69) is 10.6 Å². The quantitative estimate of drug-likeness (QED) is 0.874. The molecule has 0 aliphatic carbocycles. The van der Waals surface area contributed by atoms with Crippen LogP contribution in [0, 0.1) is 0 Å². The molecular weight excluding hydrogens is 269 g/mol. The Morgan fingerprint density at radius 1 is 1.15 bits per heavy atom. The minimum atomic E-state index is -4.32. The third-order valence-corrected chi connectivity index (χ3v) is 2.72. The van der Waals surface area contributed by atoms with Crippen molar-refractivity contribution < 1.29 is 18.0 Å². The lowest BCUT2D eigenvalue weighted by molar-refractivity contribution is -0.137. The van der Waals surface area contributed by atoms with Gasteiger partial charge in [0.05, 0.1) is 11.6 Å². The monoisotopic (exact) mass is 288 g/mol. The molecule has 1 amide bonds. The number of hydrogen-bond acceptors (Lipinski definition) is 2. The van der Waals surface area contributed by atoms with E-state index in [1.165, 1.54) is 12.1 Å². The van der Waals surface area contributed by atoms with Gasteiger partial charge in [0.15, 0.2) is 0 Å². The smallest absolute Gasteiger partial charge is 0.353 e. The Hall–Kier alpha value is -1.56. The highest BCUT2D eigenvalue weighted by molar-refractivity contribution is 5.81. The number of benzene rings is 1. The molecule has 0 bridgehead atoms. The molecule has 1 aromatic carbocycles. The van der Waals surface area contributed by atoms with Crippen molar-refractivity contribution >= 4 is 5.91 Å². The van der Waals surface area contributed by atoms with Crippen molar-refractivity contribution in [2.45, 2.75) is 45.6 Å². The van der Waals surface area contributed by atoms with Gasteiger partial charge < -0.3 is 10.6 Å². The highest BCUT2D eigenvalue weighted by Crippen LogP contribution is 2.28. The van der Waals surface area contributed by atoms with Crippen molar-refractivity contribution in [3.05, 3.63) is 35.4 Å². The third-order valence-electron chi connectivity index (χ3n) is 2.72. The van der Waals surface area contributed by atoms with E-state index in [-0.39, 0.29) is 11.9 Å². The molecule has 3 nitrogen and oxygen atoms in total. The normalized spacial score (nSPS) is 13.3. The zero-order valence-corrected chi connectivity index (χ0v) is 11.7. The van der Waals surface area contributed by atoms with Gasteiger partial charge in [0.25, 0.3) is 0 Å². The van der Waals surface area contributed by atoms with Gasteiger partial charge in [0.2, 0.25) is 5.91 Å². The predicted molar refractivity (Wildman–Crippen MR) is 71.0 cm³/mol. The summed E-state index contributed by atoms with van der Waals surface area (Å²) in [4.78, 5) is 11.6. The number of hydrogen-bond donors (Lipinski definition) is 2. The predicted octanol–water partition coefficient (Wildman–Crippen LogP) is 2.71. The molecule has 0 aliphatic rings. The molecular formula is C14H19F3N2O. The standard InChI is InChI=1S/C14H19F3N2O/c1-9(2)19-13(20)10(3)18-8-11-4-6-12(7-5-11)14(15,16)17/h4-7,9-10,18H,8H2,1-3H3,(H,19,20). The maximum Gasteiger partial charge on any atom is 0.416 e. The molecule has 20 heavy (non-hydrogen) atoms. The molecule has 1 unspecified atom stereocenters. The van der Waals surface area contributed by atoms with Crippen molar-refractivity contribution in [3.8, 4) is 0 Å². The molecule has 6 heteroatoms. The largest absolute Gasteiger partial charge is 0.416 e. The topological polar surface area (TPSA) is 41.1 Å². The number of amides is 1. The van der Waals surface area contributed by atoms with Crippen LogP contribution < -0.4 is 10.6 Å². The summed E-state index contributed by atoms with van der Waals surface area (Å²) < 4.78 is 37.2. The summed E-state index contributed by atoms with van der Waals surface area (Å²) in [6.07, 6.45) is -4.32. The molecule has 1 aromatic rings.